The topological polar surface area (TPSA) is 29.5 Å². The van der Waals surface area contributed by atoms with E-state index in [1.807, 2.05) is 37.2 Å². The average Bonchev–Trinajstić information content (AvgIpc) is 2.40. The molecule has 0 spiro atoms. The Hall–Kier alpha value is -0.870. The van der Waals surface area contributed by atoms with Crippen molar-refractivity contribution in [2.75, 3.05) is 27.2 Å². The van der Waals surface area contributed by atoms with E-state index in [0.29, 0.717) is 17.9 Å². The first-order chi connectivity index (χ1) is 8.08. The van der Waals surface area contributed by atoms with Crippen LogP contribution in [-0.4, -0.2) is 37.9 Å². The Morgan fingerprint density at radius 3 is 2.94 bits per heavy atom. The zero-order chi connectivity index (χ0) is 12.4. The van der Waals surface area contributed by atoms with Crippen molar-refractivity contribution in [3.8, 4) is 5.75 Å². The smallest absolute Gasteiger partial charge is 0.171 e. The van der Waals surface area contributed by atoms with Gasteiger partial charge in [-0.05, 0) is 38.7 Å². The van der Waals surface area contributed by atoms with Gasteiger partial charge >= 0.3 is 0 Å². The van der Waals surface area contributed by atoms with Crippen molar-refractivity contribution in [3.05, 3.63) is 28.2 Å². The number of halogens is 1. The van der Waals surface area contributed by atoms with Gasteiger partial charge in [-0.2, -0.15) is 0 Å². The van der Waals surface area contributed by atoms with E-state index >= 15 is 0 Å². The van der Waals surface area contributed by atoms with Crippen molar-refractivity contribution in [1.82, 2.24) is 4.90 Å². The number of fused-ring (bicyclic) bond motifs is 1. The molecule has 1 aliphatic rings. The molecule has 3 nitrogen and oxygen atoms in total. The summed E-state index contributed by atoms with van der Waals surface area (Å²) in [6.45, 7) is 1.38. The number of hydrogen-bond acceptors (Lipinski definition) is 3. The van der Waals surface area contributed by atoms with Gasteiger partial charge in [-0.1, -0.05) is 15.9 Å². The van der Waals surface area contributed by atoms with E-state index in [1.165, 1.54) is 0 Å². The molecule has 0 saturated heterocycles. The number of ketones is 1. The summed E-state index contributed by atoms with van der Waals surface area (Å²) in [5.74, 6) is 0.924. The van der Waals surface area contributed by atoms with Gasteiger partial charge in [-0.3, -0.25) is 4.79 Å². The molecule has 1 aromatic rings. The molecular formula is C13H16BrNO2. The minimum absolute atomic E-state index is 0.0283. The van der Waals surface area contributed by atoms with Gasteiger partial charge in [0, 0.05) is 16.9 Å². The van der Waals surface area contributed by atoms with E-state index in [4.69, 9.17) is 4.74 Å². The van der Waals surface area contributed by atoms with Crippen molar-refractivity contribution >= 4 is 21.7 Å². The SMILES string of the molecule is CN(C)CC1CCOc2ccc(Br)cc2C1=O. The summed E-state index contributed by atoms with van der Waals surface area (Å²) in [5.41, 5.74) is 0.698. The number of nitrogens with zero attached hydrogens (tertiary/aromatic N) is 1. The van der Waals surface area contributed by atoms with Gasteiger partial charge in [0.15, 0.2) is 5.78 Å². The zero-order valence-electron chi connectivity index (χ0n) is 10.1. The second-order valence-corrected chi connectivity index (χ2v) is 5.52. The summed E-state index contributed by atoms with van der Waals surface area (Å²) in [6.07, 6.45) is 0.781. The Kier molecular flexibility index (Phi) is 3.84. The Balaban J connectivity index is 2.31. The van der Waals surface area contributed by atoms with Gasteiger partial charge in [-0.25, -0.2) is 0 Å². The molecule has 0 fully saturated rings. The molecule has 1 heterocycles. The quantitative estimate of drug-likeness (QED) is 0.840. The summed E-state index contributed by atoms with van der Waals surface area (Å²) in [5, 5.41) is 0. The van der Waals surface area contributed by atoms with Gasteiger partial charge in [0.2, 0.25) is 0 Å². The van der Waals surface area contributed by atoms with Gasteiger partial charge in [-0.15, -0.1) is 0 Å². The molecule has 17 heavy (non-hydrogen) atoms. The maximum atomic E-state index is 12.4. The van der Waals surface area contributed by atoms with Crippen LogP contribution in [0.4, 0.5) is 0 Å². The molecule has 2 rings (SSSR count). The van der Waals surface area contributed by atoms with Crippen molar-refractivity contribution < 1.29 is 9.53 Å². The third-order valence-electron chi connectivity index (χ3n) is 2.89. The van der Waals surface area contributed by atoms with E-state index in [9.17, 15) is 4.79 Å². The van der Waals surface area contributed by atoms with E-state index in [0.717, 1.165) is 17.4 Å². The average molecular weight is 298 g/mol. The normalized spacial score (nSPS) is 19.8. The number of carbonyl (C=O) groups is 1. The Morgan fingerprint density at radius 2 is 2.24 bits per heavy atom. The van der Waals surface area contributed by atoms with Crippen LogP contribution in [0.15, 0.2) is 22.7 Å². The first-order valence-electron chi connectivity index (χ1n) is 5.69. The summed E-state index contributed by atoms with van der Waals surface area (Å²) in [4.78, 5) is 14.4. The monoisotopic (exact) mass is 297 g/mol. The van der Waals surface area contributed by atoms with Crippen molar-refractivity contribution in [1.29, 1.82) is 0 Å². The minimum Gasteiger partial charge on any atom is -0.493 e. The van der Waals surface area contributed by atoms with Crippen LogP contribution in [0.5, 0.6) is 5.75 Å². The molecule has 0 aliphatic carbocycles. The number of benzene rings is 1. The molecule has 1 aliphatic heterocycles. The van der Waals surface area contributed by atoms with E-state index in [2.05, 4.69) is 15.9 Å². The summed E-state index contributed by atoms with van der Waals surface area (Å²) in [7, 11) is 3.97. The molecule has 4 heteroatoms. The number of carbonyl (C=O) groups excluding carboxylic acids is 1. The third kappa shape index (κ3) is 2.87. The predicted molar refractivity (Wildman–Crippen MR) is 70.6 cm³/mol. The molecule has 0 amide bonds. The van der Waals surface area contributed by atoms with Crippen molar-refractivity contribution in [2.45, 2.75) is 6.42 Å². The minimum atomic E-state index is 0.0283. The number of Topliss-reactive ketones (excluding diaryl/α,β-unsaturated/α-hetero) is 1. The van der Waals surface area contributed by atoms with Gasteiger partial charge in [0.1, 0.15) is 5.75 Å². The Labute approximate surface area is 110 Å². The number of ether oxygens (including phenoxy) is 1. The molecule has 1 atom stereocenters. The second kappa shape index (κ2) is 5.19. The maximum Gasteiger partial charge on any atom is 0.171 e. The fraction of sp³-hybridized carbons (Fsp3) is 0.462. The van der Waals surface area contributed by atoms with Crippen LogP contribution in [-0.2, 0) is 0 Å². The molecule has 1 unspecified atom stereocenters. The largest absolute Gasteiger partial charge is 0.493 e. The van der Waals surface area contributed by atoms with E-state index < -0.39 is 0 Å². The molecule has 0 saturated carbocycles. The lowest BCUT2D eigenvalue weighted by Gasteiger charge is -2.17. The number of rotatable bonds is 2. The Bertz CT molecular complexity index is 431. The Morgan fingerprint density at radius 1 is 1.47 bits per heavy atom. The van der Waals surface area contributed by atoms with Crippen LogP contribution >= 0.6 is 15.9 Å². The predicted octanol–water partition coefficient (Wildman–Crippen LogP) is 2.59. The molecule has 92 valence electrons. The van der Waals surface area contributed by atoms with Crippen molar-refractivity contribution in [2.24, 2.45) is 5.92 Å². The number of hydrogen-bond donors (Lipinski definition) is 0. The zero-order valence-corrected chi connectivity index (χ0v) is 11.7. The first-order valence-corrected chi connectivity index (χ1v) is 6.48. The highest BCUT2D eigenvalue weighted by atomic mass is 79.9. The van der Waals surface area contributed by atoms with Crippen LogP contribution in [0.2, 0.25) is 0 Å². The molecule has 1 aromatic carbocycles. The van der Waals surface area contributed by atoms with Gasteiger partial charge < -0.3 is 9.64 Å². The van der Waals surface area contributed by atoms with Gasteiger partial charge in [0.05, 0.1) is 12.2 Å². The van der Waals surface area contributed by atoms with Crippen LogP contribution in [0.3, 0.4) is 0 Å². The lowest BCUT2D eigenvalue weighted by Crippen LogP contribution is -2.28. The first kappa shape index (κ1) is 12.6. The molecule has 0 aromatic heterocycles. The standard InChI is InChI=1S/C13H16BrNO2/c1-15(2)8-9-5-6-17-12-4-3-10(14)7-11(12)13(9)16/h3-4,7,9H,5-6,8H2,1-2H3. The molecular weight excluding hydrogens is 282 g/mol. The van der Waals surface area contributed by atoms with Crippen molar-refractivity contribution in [3.63, 3.8) is 0 Å². The highest BCUT2D eigenvalue weighted by Crippen LogP contribution is 2.29. The third-order valence-corrected chi connectivity index (χ3v) is 3.38. The maximum absolute atomic E-state index is 12.4. The van der Waals surface area contributed by atoms with Crippen LogP contribution in [0.1, 0.15) is 16.8 Å². The molecule has 0 radical (unpaired) electrons. The molecule has 0 bridgehead atoms. The fourth-order valence-corrected chi connectivity index (χ4v) is 2.46. The lowest BCUT2D eigenvalue weighted by molar-refractivity contribution is 0.0891. The fourth-order valence-electron chi connectivity index (χ4n) is 2.10. The highest BCUT2D eigenvalue weighted by Gasteiger charge is 2.26. The summed E-state index contributed by atoms with van der Waals surface area (Å²) < 4.78 is 6.54. The van der Waals surface area contributed by atoms with Crippen LogP contribution in [0.25, 0.3) is 0 Å². The van der Waals surface area contributed by atoms with E-state index in [1.54, 1.807) is 0 Å². The van der Waals surface area contributed by atoms with Crippen LogP contribution < -0.4 is 4.74 Å². The summed E-state index contributed by atoms with van der Waals surface area (Å²) >= 11 is 3.40. The van der Waals surface area contributed by atoms with E-state index in [-0.39, 0.29) is 11.7 Å². The molecule has 0 N–H and O–H groups in total. The van der Waals surface area contributed by atoms with Gasteiger partial charge in [0.25, 0.3) is 0 Å². The summed E-state index contributed by atoms with van der Waals surface area (Å²) in [6, 6.07) is 5.61. The van der Waals surface area contributed by atoms with Crippen LogP contribution in [0, 0.1) is 5.92 Å². The second-order valence-electron chi connectivity index (χ2n) is 4.60. The lowest BCUT2D eigenvalue weighted by atomic mass is 9.95. The highest BCUT2D eigenvalue weighted by molar-refractivity contribution is 9.10.